The second-order valence-electron chi connectivity index (χ2n) is 7.75. The molecule has 160 valence electrons. The van der Waals surface area contributed by atoms with E-state index in [0.29, 0.717) is 25.8 Å². The van der Waals surface area contributed by atoms with Crippen LogP contribution in [0.25, 0.3) is 0 Å². The summed E-state index contributed by atoms with van der Waals surface area (Å²) in [4.78, 5) is 37.9. The number of carbonyl (C=O) groups is 3. The fourth-order valence-corrected chi connectivity index (χ4v) is 3.84. The van der Waals surface area contributed by atoms with Crippen molar-refractivity contribution in [3.8, 4) is 0 Å². The maximum absolute atomic E-state index is 13.0. The molecule has 1 heterocycles. The smallest absolute Gasteiger partial charge is 0.326 e. The minimum atomic E-state index is -1.01. The van der Waals surface area contributed by atoms with Gasteiger partial charge in [-0.1, -0.05) is 56.0 Å². The molecule has 0 saturated carbocycles. The zero-order chi connectivity index (χ0) is 21.2. The van der Waals surface area contributed by atoms with Crippen molar-refractivity contribution in [3.63, 3.8) is 0 Å². The number of benzene rings is 1. The zero-order valence-corrected chi connectivity index (χ0v) is 17.0. The van der Waals surface area contributed by atoms with Crippen LogP contribution in [0.15, 0.2) is 30.3 Å². The molecule has 1 fully saturated rings. The van der Waals surface area contributed by atoms with E-state index < -0.39 is 30.1 Å². The van der Waals surface area contributed by atoms with E-state index in [1.807, 2.05) is 30.3 Å². The molecular weight excluding hydrogens is 372 g/mol. The number of aliphatic carboxylic acids is 2. The van der Waals surface area contributed by atoms with Gasteiger partial charge in [-0.3, -0.25) is 14.9 Å². The van der Waals surface area contributed by atoms with Gasteiger partial charge in [0.15, 0.2) is 0 Å². The molecule has 3 atom stereocenters. The maximum atomic E-state index is 13.0. The lowest BCUT2D eigenvalue weighted by molar-refractivity contribution is -0.152. The quantitative estimate of drug-likeness (QED) is 0.615. The van der Waals surface area contributed by atoms with Crippen LogP contribution in [0.1, 0.15) is 57.4 Å². The highest BCUT2D eigenvalue weighted by Gasteiger charge is 2.33. The predicted octanol–water partition coefficient (Wildman–Crippen LogP) is 2.69. The van der Waals surface area contributed by atoms with Crippen molar-refractivity contribution < 1.29 is 24.6 Å². The number of carboxylic acids is 2. The number of nitrogens with one attached hydrogen (secondary N) is 1. The van der Waals surface area contributed by atoms with E-state index in [9.17, 15) is 24.6 Å². The highest BCUT2D eigenvalue weighted by Crippen LogP contribution is 2.18. The zero-order valence-electron chi connectivity index (χ0n) is 17.0. The summed E-state index contributed by atoms with van der Waals surface area (Å²) in [6, 6.07) is 7.09. The first-order valence-corrected chi connectivity index (χ1v) is 10.5. The van der Waals surface area contributed by atoms with E-state index in [1.165, 1.54) is 4.90 Å². The third-order valence-electron chi connectivity index (χ3n) is 5.51. The molecule has 7 nitrogen and oxygen atoms in total. The molecule has 0 aliphatic carbocycles. The lowest BCUT2D eigenvalue weighted by Crippen LogP contribution is -2.55. The van der Waals surface area contributed by atoms with E-state index in [1.54, 1.807) is 6.92 Å². The van der Waals surface area contributed by atoms with Crippen LogP contribution in [0.3, 0.4) is 0 Å². The van der Waals surface area contributed by atoms with Gasteiger partial charge in [0.25, 0.3) is 0 Å². The molecule has 2 rings (SSSR count). The normalized spacial score (nSPS) is 20.0. The first-order chi connectivity index (χ1) is 13.9. The van der Waals surface area contributed by atoms with Crippen molar-refractivity contribution in [3.05, 3.63) is 35.9 Å². The Morgan fingerprint density at radius 3 is 2.38 bits per heavy atom. The van der Waals surface area contributed by atoms with Gasteiger partial charge in [-0.15, -0.1) is 0 Å². The van der Waals surface area contributed by atoms with Crippen LogP contribution in [0.2, 0.25) is 0 Å². The van der Waals surface area contributed by atoms with Crippen LogP contribution >= 0.6 is 0 Å². The van der Waals surface area contributed by atoms with Gasteiger partial charge < -0.3 is 15.1 Å². The highest BCUT2D eigenvalue weighted by atomic mass is 16.4. The van der Waals surface area contributed by atoms with Crippen molar-refractivity contribution in [1.29, 1.82) is 0 Å². The fourth-order valence-electron chi connectivity index (χ4n) is 3.84. The summed E-state index contributed by atoms with van der Waals surface area (Å²) < 4.78 is 0. The number of hydrogen-bond acceptors (Lipinski definition) is 4. The topological polar surface area (TPSA) is 107 Å². The Labute approximate surface area is 172 Å². The molecule has 0 aromatic heterocycles. The van der Waals surface area contributed by atoms with E-state index >= 15 is 0 Å². The van der Waals surface area contributed by atoms with Crippen molar-refractivity contribution >= 4 is 17.8 Å². The van der Waals surface area contributed by atoms with Crippen LogP contribution in [-0.2, 0) is 20.8 Å². The van der Waals surface area contributed by atoms with Crippen LogP contribution in [-0.4, -0.2) is 57.6 Å². The Hall–Kier alpha value is -2.41. The van der Waals surface area contributed by atoms with Gasteiger partial charge in [0.05, 0.1) is 6.04 Å². The molecule has 29 heavy (non-hydrogen) atoms. The van der Waals surface area contributed by atoms with Crippen LogP contribution in [0.5, 0.6) is 0 Å². The van der Waals surface area contributed by atoms with Gasteiger partial charge >= 0.3 is 11.9 Å². The molecule has 3 N–H and O–H groups in total. The second kappa shape index (κ2) is 11.6. The molecule has 1 aliphatic heterocycles. The number of aryl methyl sites for hydroxylation is 1. The number of nitrogens with zero attached hydrogens (tertiary/aromatic N) is 1. The van der Waals surface area contributed by atoms with Gasteiger partial charge in [-0.2, -0.15) is 0 Å². The van der Waals surface area contributed by atoms with Crippen molar-refractivity contribution in [1.82, 2.24) is 10.2 Å². The SMILES string of the molecule is CC(N[C@@H](CCc1ccccc1)C(=O)O)C(=O)N1CCCCCCC[C@H]1C(=O)O. The number of hydrogen-bond donors (Lipinski definition) is 3. The number of amides is 1. The number of rotatable bonds is 8. The van der Waals surface area contributed by atoms with Crippen LogP contribution in [0, 0.1) is 0 Å². The standard InChI is InChI=1S/C22H32N2O5/c1-16(23-18(21(26)27)14-13-17-10-6-5-7-11-17)20(25)24-15-9-4-2-3-8-12-19(24)22(28)29/h5-7,10-11,16,18-19,23H,2-4,8-9,12-15H2,1H3,(H,26,27)(H,28,29)/t16?,18-,19-/m0/s1. The summed E-state index contributed by atoms with van der Waals surface area (Å²) in [5.41, 5.74) is 1.03. The third kappa shape index (κ3) is 7.16. The van der Waals surface area contributed by atoms with Crippen molar-refractivity contribution in [2.45, 2.75) is 76.4 Å². The predicted molar refractivity (Wildman–Crippen MR) is 110 cm³/mol. The monoisotopic (exact) mass is 404 g/mol. The van der Waals surface area contributed by atoms with Crippen molar-refractivity contribution in [2.24, 2.45) is 0 Å². The summed E-state index contributed by atoms with van der Waals surface area (Å²) in [7, 11) is 0. The molecule has 1 saturated heterocycles. The molecule has 1 aromatic carbocycles. The van der Waals surface area contributed by atoms with Gasteiger partial charge in [-0.25, -0.2) is 4.79 Å². The molecule has 0 spiro atoms. The molecule has 1 unspecified atom stereocenters. The minimum absolute atomic E-state index is 0.342. The van der Waals surface area contributed by atoms with Gasteiger partial charge in [0, 0.05) is 6.54 Å². The first-order valence-electron chi connectivity index (χ1n) is 10.5. The van der Waals surface area contributed by atoms with E-state index in [2.05, 4.69) is 5.32 Å². The van der Waals surface area contributed by atoms with E-state index in [4.69, 9.17) is 0 Å². The van der Waals surface area contributed by atoms with E-state index in [-0.39, 0.29) is 5.91 Å². The number of carboxylic acid groups (broad SMARTS) is 2. The van der Waals surface area contributed by atoms with Gasteiger partial charge in [0.1, 0.15) is 12.1 Å². The summed E-state index contributed by atoms with van der Waals surface area (Å²) in [5.74, 6) is -2.35. The molecule has 1 aromatic rings. The summed E-state index contributed by atoms with van der Waals surface area (Å²) in [5, 5.41) is 22.1. The molecule has 1 aliphatic rings. The van der Waals surface area contributed by atoms with Gasteiger partial charge in [-0.05, 0) is 38.2 Å². The first kappa shape index (κ1) is 22.9. The summed E-state index contributed by atoms with van der Waals surface area (Å²) >= 11 is 0. The van der Waals surface area contributed by atoms with Crippen molar-refractivity contribution in [2.75, 3.05) is 6.54 Å². The second-order valence-corrected chi connectivity index (χ2v) is 7.75. The summed E-state index contributed by atoms with van der Waals surface area (Å²) in [6.45, 7) is 2.01. The molecule has 0 bridgehead atoms. The average Bonchev–Trinajstić information content (AvgIpc) is 2.82. The van der Waals surface area contributed by atoms with Crippen LogP contribution < -0.4 is 5.32 Å². The Morgan fingerprint density at radius 2 is 1.72 bits per heavy atom. The molecule has 7 heteroatoms. The van der Waals surface area contributed by atoms with Gasteiger partial charge in [0.2, 0.25) is 5.91 Å². The molecule has 0 radical (unpaired) electrons. The Morgan fingerprint density at radius 1 is 1.07 bits per heavy atom. The maximum Gasteiger partial charge on any atom is 0.326 e. The molecular formula is C22H32N2O5. The average molecular weight is 405 g/mol. The Balaban J connectivity index is 2.03. The Kier molecular flexibility index (Phi) is 9.12. The lowest BCUT2D eigenvalue weighted by atomic mass is 10.0. The third-order valence-corrected chi connectivity index (χ3v) is 5.51. The fraction of sp³-hybridized carbons (Fsp3) is 0.591. The Bertz CT molecular complexity index is 679. The molecule has 1 amide bonds. The number of carbonyl (C=O) groups excluding carboxylic acids is 1. The summed E-state index contributed by atoms with van der Waals surface area (Å²) in [6.07, 6.45) is 5.88. The largest absolute Gasteiger partial charge is 0.480 e. The minimum Gasteiger partial charge on any atom is -0.480 e. The lowest BCUT2D eigenvalue weighted by Gasteiger charge is -2.32. The highest BCUT2D eigenvalue weighted by molar-refractivity contribution is 5.87. The van der Waals surface area contributed by atoms with E-state index in [0.717, 1.165) is 37.7 Å². The van der Waals surface area contributed by atoms with Crippen LogP contribution in [0.4, 0.5) is 0 Å².